The van der Waals surface area contributed by atoms with Crippen LogP contribution in [0.5, 0.6) is 0 Å². The summed E-state index contributed by atoms with van der Waals surface area (Å²) in [5.74, 6) is 1.70. The summed E-state index contributed by atoms with van der Waals surface area (Å²) in [5, 5.41) is 0. The van der Waals surface area contributed by atoms with E-state index in [9.17, 15) is 0 Å². The van der Waals surface area contributed by atoms with Crippen LogP contribution in [-0.4, -0.2) is 41.5 Å². The highest BCUT2D eigenvalue weighted by molar-refractivity contribution is 5.17. The lowest BCUT2D eigenvalue weighted by Gasteiger charge is -2.14. The molecule has 1 aliphatic heterocycles. The van der Waals surface area contributed by atoms with Gasteiger partial charge in [0.25, 0.3) is 0 Å². The Bertz CT molecular complexity index is 391. The first kappa shape index (κ1) is 12.5. The van der Waals surface area contributed by atoms with Gasteiger partial charge in [-0.2, -0.15) is 0 Å². The van der Waals surface area contributed by atoms with Crippen molar-refractivity contribution in [1.29, 1.82) is 0 Å². The zero-order valence-electron chi connectivity index (χ0n) is 11.0. The molecule has 1 aromatic rings. The molecule has 0 spiro atoms. The number of nitrogens with zero attached hydrogens (tertiary/aromatic N) is 3. The van der Waals surface area contributed by atoms with E-state index in [2.05, 4.69) is 29.9 Å². The predicted molar refractivity (Wildman–Crippen MR) is 69.1 cm³/mol. The highest BCUT2D eigenvalue weighted by Gasteiger charge is 2.23. The number of nitrogens with two attached hydrogens (primary N) is 1. The molecule has 1 fully saturated rings. The molecule has 0 bridgehead atoms. The van der Waals surface area contributed by atoms with E-state index in [4.69, 9.17) is 10.7 Å². The zero-order chi connectivity index (χ0) is 12.4. The van der Waals surface area contributed by atoms with Crippen LogP contribution in [0.25, 0.3) is 0 Å². The quantitative estimate of drug-likeness (QED) is 0.855. The first-order valence-electron chi connectivity index (χ1n) is 6.34. The summed E-state index contributed by atoms with van der Waals surface area (Å²) < 4.78 is 0. The van der Waals surface area contributed by atoms with Crippen molar-refractivity contribution in [3.63, 3.8) is 0 Å². The van der Waals surface area contributed by atoms with Gasteiger partial charge in [0.15, 0.2) is 0 Å². The minimum Gasteiger partial charge on any atom is -0.330 e. The molecule has 4 nitrogen and oxygen atoms in total. The number of rotatable bonds is 3. The van der Waals surface area contributed by atoms with E-state index in [0.29, 0.717) is 12.5 Å². The van der Waals surface area contributed by atoms with Crippen molar-refractivity contribution in [2.45, 2.75) is 32.1 Å². The van der Waals surface area contributed by atoms with Crippen molar-refractivity contribution < 1.29 is 0 Å². The Balaban J connectivity index is 2.25. The molecule has 4 heteroatoms. The first-order valence-corrected chi connectivity index (χ1v) is 6.34. The molecule has 0 saturated carbocycles. The Hall–Kier alpha value is -1.00. The number of aryl methyl sites for hydroxylation is 1. The van der Waals surface area contributed by atoms with Crippen LogP contribution in [0.15, 0.2) is 6.07 Å². The second kappa shape index (κ2) is 5.10. The van der Waals surface area contributed by atoms with E-state index in [1.807, 2.05) is 6.92 Å². The molecule has 2 atom stereocenters. The fourth-order valence-electron chi connectivity index (χ4n) is 2.33. The summed E-state index contributed by atoms with van der Waals surface area (Å²) in [6, 6.07) is 2.12. The third-order valence-corrected chi connectivity index (χ3v) is 3.50. The van der Waals surface area contributed by atoms with Gasteiger partial charge < -0.3 is 10.6 Å². The van der Waals surface area contributed by atoms with Gasteiger partial charge in [-0.05, 0) is 33.0 Å². The van der Waals surface area contributed by atoms with Crippen LogP contribution in [0.3, 0.4) is 0 Å². The van der Waals surface area contributed by atoms with E-state index in [1.54, 1.807) is 0 Å². The predicted octanol–water partition coefficient (Wildman–Crippen LogP) is 1.27. The van der Waals surface area contributed by atoms with Gasteiger partial charge in [0.2, 0.25) is 0 Å². The van der Waals surface area contributed by atoms with Gasteiger partial charge in [-0.3, -0.25) is 0 Å². The highest BCUT2D eigenvalue weighted by Crippen LogP contribution is 2.25. The molecule has 0 radical (unpaired) electrons. The minimum absolute atomic E-state index is 0.243. The molecular formula is C13H22N4. The van der Waals surface area contributed by atoms with Gasteiger partial charge >= 0.3 is 0 Å². The Labute approximate surface area is 103 Å². The van der Waals surface area contributed by atoms with Gasteiger partial charge in [-0.25, -0.2) is 9.97 Å². The zero-order valence-corrected chi connectivity index (χ0v) is 11.0. The van der Waals surface area contributed by atoms with Crippen LogP contribution in [0.2, 0.25) is 0 Å². The number of likely N-dealkylation sites (N-methyl/N-ethyl adjacent to an activating group) is 1. The average Bonchev–Trinajstić information content (AvgIpc) is 2.74. The lowest BCUT2D eigenvalue weighted by Crippen LogP contribution is -2.16. The number of hydrogen-bond acceptors (Lipinski definition) is 4. The summed E-state index contributed by atoms with van der Waals surface area (Å²) in [7, 11) is 2.16. The second-order valence-electron chi connectivity index (χ2n) is 5.18. The maximum Gasteiger partial charge on any atom is 0.132 e. The van der Waals surface area contributed by atoms with Crippen molar-refractivity contribution >= 4 is 0 Å². The van der Waals surface area contributed by atoms with E-state index >= 15 is 0 Å². The molecule has 2 N–H and O–H groups in total. The molecule has 1 aromatic heterocycles. The van der Waals surface area contributed by atoms with Crippen molar-refractivity contribution in [3.05, 3.63) is 23.3 Å². The molecule has 2 rings (SSSR count). The maximum atomic E-state index is 5.69. The molecule has 17 heavy (non-hydrogen) atoms. The van der Waals surface area contributed by atoms with Gasteiger partial charge in [-0.1, -0.05) is 6.92 Å². The second-order valence-corrected chi connectivity index (χ2v) is 5.18. The van der Waals surface area contributed by atoms with Gasteiger partial charge in [-0.15, -0.1) is 0 Å². The Morgan fingerprint density at radius 2 is 2.29 bits per heavy atom. The van der Waals surface area contributed by atoms with Crippen LogP contribution in [0.4, 0.5) is 0 Å². The Morgan fingerprint density at radius 1 is 1.53 bits per heavy atom. The topological polar surface area (TPSA) is 55.0 Å². The molecule has 94 valence electrons. The van der Waals surface area contributed by atoms with Crippen molar-refractivity contribution in [3.8, 4) is 0 Å². The largest absolute Gasteiger partial charge is 0.330 e. The Morgan fingerprint density at radius 3 is 2.88 bits per heavy atom. The van der Waals surface area contributed by atoms with E-state index in [-0.39, 0.29) is 5.92 Å². The van der Waals surface area contributed by atoms with Gasteiger partial charge in [0.05, 0.1) is 0 Å². The van der Waals surface area contributed by atoms with Crippen LogP contribution in [-0.2, 0) is 0 Å². The first-order chi connectivity index (χ1) is 8.10. The fourth-order valence-corrected chi connectivity index (χ4v) is 2.33. The summed E-state index contributed by atoms with van der Waals surface area (Å²) in [4.78, 5) is 11.5. The number of likely N-dealkylation sites (tertiary alicyclic amines) is 1. The minimum atomic E-state index is 0.243. The van der Waals surface area contributed by atoms with Gasteiger partial charge in [0.1, 0.15) is 5.82 Å². The molecule has 1 aliphatic rings. The van der Waals surface area contributed by atoms with Crippen molar-refractivity contribution in [1.82, 2.24) is 14.9 Å². The monoisotopic (exact) mass is 234 g/mol. The Kier molecular flexibility index (Phi) is 3.74. The number of hydrogen-bond donors (Lipinski definition) is 1. The normalized spacial score (nSPS) is 22.9. The highest BCUT2D eigenvalue weighted by atomic mass is 15.1. The van der Waals surface area contributed by atoms with Crippen LogP contribution in [0, 0.1) is 6.92 Å². The van der Waals surface area contributed by atoms with Gasteiger partial charge in [0, 0.05) is 36.3 Å². The fraction of sp³-hybridized carbons (Fsp3) is 0.692. The summed E-state index contributed by atoms with van der Waals surface area (Å²) >= 11 is 0. The molecular weight excluding hydrogens is 212 g/mol. The van der Waals surface area contributed by atoms with Crippen molar-refractivity contribution in [2.24, 2.45) is 5.73 Å². The molecule has 2 unspecified atom stereocenters. The molecule has 0 aliphatic carbocycles. The van der Waals surface area contributed by atoms with Crippen LogP contribution in [0.1, 0.15) is 42.4 Å². The third kappa shape index (κ3) is 2.82. The maximum absolute atomic E-state index is 5.69. The molecule has 1 saturated heterocycles. The van der Waals surface area contributed by atoms with E-state index < -0.39 is 0 Å². The molecule has 0 aromatic carbocycles. The molecule has 2 heterocycles. The SMILES string of the molecule is Cc1cc(C2CCN(C)C2)nc(C(C)CN)n1. The average molecular weight is 234 g/mol. The lowest BCUT2D eigenvalue weighted by molar-refractivity contribution is 0.410. The van der Waals surface area contributed by atoms with Crippen LogP contribution < -0.4 is 5.73 Å². The number of aromatic nitrogens is 2. The third-order valence-electron chi connectivity index (χ3n) is 3.50. The van der Waals surface area contributed by atoms with E-state index in [0.717, 1.165) is 24.6 Å². The van der Waals surface area contributed by atoms with Crippen LogP contribution >= 0.6 is 0 Å². The summed E-state index contributed by atoms with van der Waals surface area (Å²) in [6.07, 6.45) is 1.20. The van der Waals surface area contributed by atoms with E-state index in [1.165, 1.54) is 12.1 Å². The molecule has 0 amide bonds. The smallest absolute Gasteiger partial charge is 0.132 e. The summed E-state index contributed by atoms with van der Waals surface area (Å²) in [6.45, 7) is 6.99. The van der Waals surface area contributed by atoms with Crippen molar-refractivity contribution in [2.75, 3.05) is 26.7 Å². The summed E-state index contributed by atoms with van der Waals surface area (Å²) in [5.41, 5.74) is 7.94. The standard InChI is InChI=1S/C13H22N4/c1-9(7-14)13-15-10(2)6-12(16-13)11-4-5-17(3)8-11/h6,9,11H,4-5,7-8,14H2,1-3H3. The lowest BCUT2D eigenvalue weighted by atomic mass is 10.0.